The number of nitrogens with zero attached hydrogens (tertiary/aromatic N) is 1. The van der Waals surface area contributed by atoms with Gasteiger partial charge in [-0.1, -0.05) is 29.4 Å². The Kier molecular flexibility index (Phi) is 10.5. The number of allylic oxidation sites excluding steroid dienone is 5. The molecule has 37 heavy (non-hydrogen) atoms. The summed E-state index contributed by atoms with van der Waals surface area (Å²) in [5, 5.41) is 10.1. The van der Waals surface area contributed by atoms with Crippen LogP contribution in [0, 0.1) is 13.8 Å². The van der Waals surface area contributed by atoms with Gasteiger partial charge >= 0.3 is 0 Å². The van der Waals surface area contributed by atoms with E-state index in [0.29, 0.717) is 32.1 Å². The number of rotatable bonds is 10. The molecule has 1 atom stereocenters. The zero-order valence-corrected chi connectivity index (χ0v) is 23.9. The van der Waals surface area contributed by atoms with Gasteiger partial charge in [-0.15, -0.1) is 0 Å². The van der Waals surface area contributed by atoms with E-state index in [1.54, 1.807) is 0 Å². The second-order valence-corrected chi connectivity index (χ2v) is 11.2. The number of morpholine rings is 1. The van der Waals surface area contributed by atoms with Crippen LogP contribution in [0.4, 0.5) is 0 Å². The quantitative estimate of drug-likeness (QED) is 0.269. The van der Waals surface area contributed by atoms with Crippen molar-refractivity contribution in [1.82, 2.24) is 4.90 Å². The third-order valence-electron chi connectivity index (χ3n) is 7.90. The van der Waals surface area contributed by atoms with E-state index < -0.39 is 0 Å². The zero-order chi connectivity index (χ0) is 27.0. The molecule has 2 heterocycles. The van der Waals surface area contributed by atoms with Crippen LogP contribution in [0.15, 0.2) is 41.0 Å². The summed E-state index contributed by atoms with van der Waals surface area (Å²) in [4.78, 5) is 14.4. The number of carbonyl (C=O) groups excluding carboxylic acids is 1. The van der Waals surface area contributed by atoms with Crippen molar-refractivity contribution in [2.75, 3.05) is 26.3 Å². The van der Waals surface area contributed by atoms with E-state index in [0.717, 1.165) is 73.8 Å². The first-order valence-corrected chi connectivity index (χ1v) is 14.0. The molecule has 1 N–H and O–H groups in total. The van der Waals surface area contributed by atoms with Gasteiger partial charge in [0, 0.05) is 24.2 Å². The number of aromatic hydroxyl groups is 1. The van der Waals surface area contributed by atoms with Crippen molar-refractivity contribution >= 4 is 5.91 Å². The van der Waals surface area contributed by atoms with Crippen LogP contribution >= 0.6 is 0 Å². The molecule has 2 aliphatic heterocycles. The van der Waals surface area contributed by atoms with E-state index in [9.17, 15) is 9.90 Å². The van der Waals surface area contributed by atoms with Gasteiger partial charge in [-0.25, -0.2) is 0 Å². The molecule has 0 bridgehead atoms. The van der Waals surface area contributed by atoms with Gasteiger partial charge in [-0.3, -0.25) is 4.79 Å². The van der Waals surface area contributed by atoms with Gasteiger partial charge in [0.05, 0.1) is 13.2 Å². The van der Waals surface area contributed by atoms with Crippen molar-refractivity contribution in [2.45, 2.75) is 98.5 Å². The minimum absolute atomic E-state index is 0.145. The first-order chi connectivity index (χ1) is 17.6. The second kappa shape index (κ2) is 13.3. The topological polar surface area (TPSA) is 59.0 Å². The Labute approximate surface area is 224 Å². The Morgan fingerprint density at radius 1 is 1.03 bits per heavy atom. The SMILES string of the molecule is C/C(=C\CC/C(C)=C/CCC1(C)CCc2c(C)c(O)cc(C)c2O1)CC/C=C(\C)C(=O)N1CCOCC1. The van der Waals surface area contributed by atoms with Gasteiger partial charge in [0.2, 0.25) is 5.91 Å². The number of fused-ring (bicyclic) bond motifs is 1. The molecule has 3 rings (SSSR count). The van der Waals surface area contributed by atoms with Crippen molar-refractivity contribution in [2.24, 2.45) is 0 Å². The lowest BCUT2D eigenvalue weighted by Gasteiger charge is -2.37. The van der Waals surface area contributed by atoms with Gasteiger partial charge < -0.3 is 19.5 Å². The van der Waals surface area contributed by atoms with Gasteiger partial charge in [0.25, 0.3) is 0 Å². The number of ether oxygens (including phenoxy) is 2. The Balaban J connectivity index is 1.39. The van der Waals surface area contributed by atoms with Crippen molar-refractivity contribution in [3.63, 3.8) is 0 Å². The van der Waals surface area contributed by atoms with Crippen LogP contribution in [0.1, 0.15) is 89.3 Å². The molecule has 1 amide bonds. The number of carbonyl (C=O) groups is 1. The van der Waals surface area contributed by atoms with Gasteiger partial charge in [0.15, 0.2) is 0 Å². The van der Waals surface area contributed by atoms with E-state index in [1.165, 1.54) is 16.7 Å². The smallest absolute Gasteiger partial charge is 0.249 e. The van der Waals surface area contributed by atoms with E-state index in [-0.39, 0.29) is 11.5 Å². The molecule has 5 nitrogen and oxygen atoms in total. The van der Waals surface area contributed by atoms with E-state index in [1.807, 2.05) is 31.7 Å². The maximum absolute atomic E-state index is 12.5. The molecule has 1 aromatic carbocycles. The van der Waals surface area contributed by atoms with Crippen molar-refractivity contribution < 1.29 is 19.4 Å². The molecular weight excluding hydrogens is 462 g/mol. The van der Waals surface area contributed by atoms with Gasteiger partial charge in [0.1, 0.15) is 17.1 Å². The fraction of sp³-hybridized carbons (Fsp3) is 0.594. The highest BCUT2D eigenvalue weighted by Crippen LogP contribution is 2.42. The van der Waals surface area contributed by atoms with Crippen LogP contribution in [0.25, 0.3) is 0 Å². The number of hydrogen-bond acceptors (Lipinski definition) is 4. The second-order valence-electron chi connectivity index (χ2n) is 11.2. The minimum atomic E-state index is -0.163. The number of hydrogen-bond donors (Lipinski definition) is 1. The monoisotopic (exact) mass is 509 g/mol. The summed E-state index contributed by atoms with van der Waals surface area (Å²) in [6.45, 7) is 15.2. The summed E-state index contributed by atoms with van der Waals surface area (Å²) in [6, 6.07) is 1.82. The van der Waals surface area contributed by atoms with Crippen molar-refractivity contribution in [3.8, 4) is 11.5 Å². The molecule has 204 valence electrons. The minimum Gasteiger partial charge on any atom is -0.508 e. The molecule has 5 heteroatoms. The molecule has 0 aliphatic carbocycles. The standard InChI is InChI=1S/C32H47NO4/c1-23(12-8-14-25(3)31(35)33-18-20-36-21-19-33)10-7-11-24(2)13-9-16-32(6)17-15-28-27(5)29(34)22-26(4)30(28)37-32/h10,13-14,22,34H,7-9,11-12,15-21H2,1-6H3/b23-10+,24-13+,25-14+. The van der Waals surface area contributed by atoms with E-state index in [4.69, 9.17) is 9.47 Å². The Hall–Kier alpha value is -2.53. The Bertz CT molecular complexity index is 1050. The maximum atomic E-state index is 12.5. The third-order valence-corrected chi connectivity index (χ3v) is 7.90. The van der Waals surface area contributed by atoms with Crippen molar-refractivity contribution in [1.29, 1.82) is 0 Å². The molecule has 1 saturated heterocycles. The van der Waals surface area contributed by atoms with Crippen LogP contribution in [0.2, 0.25) is 0 Å². The lowest BCUT2D eigenvalue weighted by atomic mass is 9.86. The number of amides is 1. The van der Waals surface area contributed by atoms with Crippen LogP contribution in [-0.4, -0.2) is 47.8 Å². The summed E-state index contributed by atoms with van der Waals surface area (Å²) in [6.07, 6.45) is 14.7. The van der Waals surface area contributed by atoms with Crippen LogP contribution in [0.3, 0.4) is 0 Å². The summed E-state index contributed by atoms with van der Waals surface area (Å²) in [5.74, 6) is 1.49. The molecule has 0 aromatic heterocycles. The average molecular weight is 510 g/mol. The van der Waals surface area contributed by atoms with E-state index in [2.05, 4.69) is 39.0 Å². The number of phenolic OH excluding ortho intramolecular Hbond substituents is 1. The fourth-order valence-electron chi connectivity index (χ4n) is 5.24. The molecule has 2 aliphatic rings. The molecular formula is C32H47NO4. The normalized spacial score (nSPS) is 21.0. The molecule has 1 aromatic rings. The molecule has 0 spiro atoms. The zero-order valence-electron chi connectivity index (χ0n) is 23.9. The Morgan fingerprint density at radius 2 is 1.65 bits per heavy atom. The highest BCUT2D eigenvalue weighted by atomic mass is 16.5. The third kappa shape index (κ3) is 8.23. The largest absolute Gasteiger partial charge is 0.508 e. The maximum Gasteiger partial charge on any atom is 0.249 e. The van der Waals surface area contributed by atoms with Crippen LogP contribution < -0.4 is 4.74 Å². The number of aryl methyl sites for hydroxylation is 1. The molecule has 1 fully saturated rings. The Morgan fingerprint density at radius 3 is 2.32 bits per heavy atom. The molecule has 0 radical (unpaired) electrons. The summed E-state index contributed by atoms with van der Waals surface area (Å²) in [7, 11) is 0. The summed E-state index contributed by atoms with van der Waals surface area (Å²) in [5.41, 5.74) is 6.63. The van der Waals surface area contributed by atoms with Crippen molar-refractivity contribution in [3.05, 3.63) is 57.7 Å². The average Bonchev–Trinajstić information content (AvgIpc) is 2.87. The summed E-state index contributed by atoms with van der Waals surface area (Å²) >= 11 is 0. The van der Waals surface area contributed by atoms with E-state index >= 15 is 0 Å². The molecule has 0 saturated carbocycles. The highest BCUT2D eigenvalue weighted by Gasteiger charge is 2.33. The number of benzene rings is 1. The predicted molar refractivity (Wildman–Crippen MR) is 151 cm³/mol. The first kappa shape index (κ1) is 29.0. The lowest BCUT2D eigenvalue weighted by Crippen LogP contribution is -2.41. The number of phenols is 1. The summed E-state index contributed by atoms with van der Waals surface area (Å²) < 4.78 is 11.8. The highest BCUT2D eigenvalue weighted by molar-refractivity contribution is 5.92. The predicted octanol–water partition coefficient (Wildman–Crippen LogP) is 7.13. The van der Waals surface area contributed by atoms with Gasteiger partial charge in [-0.05, 0) is 110 Å². The lowest BCUT2D eigenvalue weighted by molar-refractivity contribution is -0.131. The first-order valence-electron chi connectivity index (χ1n) is 14.0. The van der Waals surface area contributed by atoms with Crippen LogP contribution in [0.5, 0.6) is 11.5 Å². The van der Waals surface area contributed by atoms with Crippen LogP contribution in [-0.2, 0) is 16.0 Å². The molecule has 1 unspecified atom stereocenters. The van der Waals surface area contributed by atoms with Gasteiger partial charge in [-0.2, -0.15) is 0 Å². The fourth-order valence-corrected chi connectivity index (χ4v) is 5.24.